The summed E-state index contributed by atoms with van der Waals surface area (Å²) in [5.74, 6) is 0. The number of ether oxygens (including phenoxy) is 1. The predicted octanol–water partition coefficient (Wildman–Crippen LogP) is 5.63. The summed E-state index contributed by atoms with van der Waals surface area (Å²) in [6.45, 7) is 2.98. The van der Waals surface area contributed by atoms with Gasteiger partial charge in [-0.1, -0.05) is 30.1 Å². The highest BCUT2D eigenvalue weighted by Gasteiger charge is 2.07. The van der Waals surface area contributed by atoms with Crippen molar-refractivity contribution >= 4 is 52.0 Å². The van der Waals surface area contributed by atoms with E-state index in [2.05, 4.69) is 10.6 Å². The number of halogens is 2. The number of hydrogen-bond acceptors (Lipinski definition) is 4. The second kappa shape index (κ2) is 8.27. The SMILES string of the molecule is CCCOC(=O)Nc1ccc(NCc2ccc(Cl)s2)cc1Cl. The Morgan fingerprint density at radius 3 is 2.73 bits per heavy atom. The third kappa shape index (κ3) is 5.09. The van der Waals surface area contributed by atoms with Crippen LogP contribution in [0.5, 0.6) is 0 Å². The Labute approximate surface area is 143 Å². The summed E-state index contributed by atoms with van der Waals surface area (Å²) in [6.07, 6.45) is 0.272. The molecule has 2 rings (SSSR count). The van der Waals surface area contributed by atoms with E-state index in [0.29, 0.717) is 23.9 Å². The molecule has 1 aromatic carbocycles. The number of amides is 1. The highest BCUT2D eigenvalue weighted by atomic mass is 35.5. The first kappa shape index (κ1) is 16.9. The Kier molecular flexibility index (Phi) is 6.36. The standard InChI is InChI=1S/C15H16Cl2N2O2S/c1-2-7-21-15(20)19-13-5-3-10(8-12(13)16)18-9-11-4-6-14(17)22-11/h3-6,8,18H,2,7,9H2,1H3,(H,19,20). The molecule has 1 aromatic heterocycles. The average molecular weight is 359 g/mol. The van der Waals surface area contributed by atoms with E-state index in [4.69, 9.17) is 27.9 Å². The van der Waals surface area contributed by atoms with Gasteiger partial charge in [0.2, 0.25) is 0 Å². The molecule has 0 radical (unpaired) electrons. The normalized spacial score (nSPS) is 10.3. The van der Waals surface area contributed by atoms with Gasteiger partial charge in [0.1, 0.15) is 0 Å². The van der Waals surface area contributed by atoms with Crippen LogP contribution in [0.2, 0.25) is 9.36 Å². The molecule has 0 atom stereocenters. The van der Waals surface area contributed by atoms with E-state index in [9.17, 15) is 4.79 Å². The van der Waals surface area contributed by atoms with E-state index in [0.717, 1.165) is 21.3 Å². The number of rotatable bonds is 6. The lowest BCUT2D eigenvalue weighted by atomic mass is 10.2. The number of anilines is 2. The average Bonchev–Trinajstić information content (AvgIpc) is 2.91. The van der Waals surface area contributed by atoms with Crippen LogP contribution in [-0.2, 0) is 11.3 Å². The van der Waals surface area contributed by atoms with Crippen molar-refractivity contribution in [3.05, 3.63) is 44.6 Å². The van der Waals surface area contributed by atoms with Crippen molar-refractivity contribution in [3.63, 3.8) is 0 Å². The molecule has 22 heavy (non-hydrogen) atoms. The first-order valence-corrected chi connectivity index (χ1v) is 8.37. The van der Waals surface area contributed by atoms with E-state index in [-0.39, 0.29) is 0 Å². The highest BCUT2D eigenvalue weighted by Crippen LogP contribution is 2.27. The molecule has 7 heteroatoms. The quantitative estimate of drug-likeness (QED) is 0.703. The van der Waals surface area contributed by atoms with Crippen LogP contribution in [0.1, 0.15) is 18.2 Å². The maximum absolute atomic E-state index is 11.5. The van der Waals surface area contributed by atoms with E-state index >= 15 is 0 Å². The fourth-order valence-electron chi connectivity index (χ4n) is 1.70. The third-order valence-electron chi connectivity index (χ3n) is 2.74. The molecule has 0 spiro atoms. The Bertz CT molecular complexity index is 646. The van der Waals surface area contributed by atoms with Crippen LogP contribution in [0.3, 0.4) is 0 Å². The van der Waals surface area contributed by atoms with Gasteiger partial charge in [0.05, 0.1) is 21.7 Å². The molecule has 0 saturated heterocycles. The van der Waals surface area contributed by atoms with Gasteiger partial charge in [-0.3, -0.25) is 5.32 Å². The molecule has 0 aliphatic rings. The van der Waals surface area contributed by atoms with E-state index in [1.807, 2.05) is 25.1 Å². The molecule has 0 saturated carbocycles. The minimum atomic E-state index is -0.502. The summed E-state index contributed by atoms with van der Waals surface area (Å²) < 4.78 is 5.72. The molecular formula is C15H16Cl2N2O2S. The second-order valence-electron chi connectivity index (χ2n) is 4.51. The topological polar surface area (TPSA) is 50.4 Å². The molecule has 2 N–H and O–H groups in total. The van der Waals surface area contributed by atoms with Gasteiger partial charge >= 0.3 is 6.09 Å². The molecule has 1 amide bonds. The number of benzene rings is 1. The van der Waals surface area contributed by atoms with Crippen molar-refractivity contribution in [1.82, 2.24) is 0 Å². The maximum Gasteiger partial charge on any atom is 0.411 e. The Balaban J connectivity index is 1.92. The number of carbonyl (C=O) groups excluding carboxylic acids is 1. The zero-order chi connectivity index (χ0) is 15.9. The van der Waals surface area contributed by atoms with Crippen LogP contribution < -0.4 is 10.6 Å². The molecule has 118 valence electrons. The van der Waals surface area contributed by atoms with Crippen LogP contribution in [-0.4, -0.2) is 12.7 Å². The van der Waals surface area contributed by atoms with Crippen molar-refractivity contribution in [1.29, 1.82) is 0 Å². The number of hydrogen-bond donors (Lipinski definition) is 2. The van der Waals surface area contributed by atoms with E-state index in [1.165, 1.54) is 11.3 Å². The van der Waals surface area contributed by atoms with Crippen LogP contribution in [0.15, 0.2) is 30.3 Å². The second-order valence-corrected chi connectivity index (χ2v) is 6.72. The minimum Gasteiger partial charge on any atom is -0.449 e. The van der Waals surface area contributed by atoms with Crippen molar-refractivity contribution in [2.24, 2.45) is 0 Å². The third-order valence-corrected chi connectivity index (χ3v) is 4.28. The van der Waals surface area contributed by atoms with Gasteiger partial charge in [0.15, 0.2) is 0 Å². The van der Waals surface area contributed by atoms with Crippen LogP contribution >= 0.6 is 34.5 Å². The molecule has 2 aromatic rings. The fraction of sp³-hybridized carbons (Fsp3) is 0.267. The van der Waals surface area contributed by atoms with Crippen molar-refractivity contribution in [2.75, 3.05) is 17.2 Å². The van der Waals surface area contributed by atoms with Gasteiger partial charge in [-0.15, -0.1) is 11.3 Å². The number of nitrogens with one attached hydrogen (secondary N) is 2. The summed E-state index contributed by atoms with van der Waals surface area (Å²) in [5.41, 5.74) is 1.38. The summed E-state index contributed by atoms with van der Waals surface area (Å²) in [7, 11) is 0. The minimum absolute atomic E-state index is 0.381. The first-order valence-electron chi connectivity index (χ1n) is 6.80. The van der Waals surface area contributed by atoms with Crippen molar-refractivity contribution in [3.8, 4) is 0 Å². The van der Waals surface area contributed by atoms with Gasteiger partial charge in [-0.25, -0.2) is 4.79 Å². The first-order chi connectivity index (χ1) is 10.6. The summed E-state index contributed by atoms with van der Waals surface area (Å²) in [6, 6.07) is 9.18. The smallest absolute Gasteiger partial charge is 0.411 e. The summed E-state index contributed by atoms with van der Waals surface area (Å²) >= 11 is 13.6. The molecule has 0 aliphatic heterocycles. The number of thiophene rings is 1. The highest BCUT2D eigenvalue weighted by molar-refractivity contribution is 7.16. The Hall–Kier alpha value is -1.43. The molecule has 0 bridgehead atoms. The maximum atomic E-state index is 11.5. The van der Waals surface area contributed by atoms with Gasteiger partial charge in [0, 0.05) is 17.1 Å². The van der Waals surface area contributed by atoms with Crippen molar-refractivity contribution < 1.29 is 9.53 Å². The zero-order valence-electron chi connectivity index (χ0n) is 12.0. The van der Waals surface area contributed by atoms with Crippen LogP contribution in [0, 0.1) is 0 Å². The largest absolute Gasteiger partial charge is 0.449 e. The van der Waals surface area contributed by atoms with E-state index in [1.54, 1.807) is 12.1 Å². The zero-order valence-corrected chi connectivity index (χ0v) is 14.3. The summed E-state index contributed by atoms with van der Waals surface area (Å²) in [4.78, 5) is 12.6. The van der Waals surface area contributed by atoms with Gasteiger partial charge in [-0.2, -0.15) is 0 Å². The fourth-order valence-corrected chi connectivity index (χ4v) is 2.96. The Morgan fingerprint density at radius 1 is 1.27 bits per heavy atom. The van der Waals surface area contributed by atoms with Crippen LogP contribution in [0.25, 0.3) is 0 Å². The molecule has 0 unspecified atom stereocenters. The monoisotopic (exact) mass is 358 g/mol. The van der Waals surface area contributed by atoms with Crippen molar-refractivity contribution in [2.45, 2.75) is 19.9 Å². The molecule has 1 heterocycles. The Morgan fingerprint density at radius 2 is 2.09 bits per heavy atom. The number of carbonyl (C=O) groups is 1. The molecule has 0 fully saturated rings. The lowest BCUT2D eigenvalue weighted by Crippen LogP contribution is -2.14. The van der Waals surface area contributed by atoms with Crippen LogP contribution in [0.4, 0.5) is 16.2 Å². The van der Waals surface area contributed by atoms with Gasteiger partial charge in [0.25, 0.3) is 0 Å². The van der Waals surface area contributed by atoms with Gasteiger partial charge < -0.3 is 10.1 Å². The van der Waals surface area contributed by atoms with E-state index < -0.39 is 6.09 Å². The molecular weight excluding hydrogens is 343 g/mol. The lowest BCUT2D eigenvalue weighted by molar-refractivity contribution is 0.161. The molecule has 4 nitrogen and oxygen atoms in total. The molecule has 0 aliphatic carbocycles. The van der Waals surface area contributed by atoms with Gasteiger partial charge in [-0.05, 0) is 36.8 Å². The lowest BCUT2D eigenvalue weighted by Gasteiger charge is -2.10. The predicted molar refractivity (Wildman–Crippen MR) is 93.4 cm³/mol. The summed E-state index contributed by atoms with van der Waals surface area (Å²) in [5, 5.41) is 6.31.